The SMILES string of the molecule is CC(C)N(C)CCNS(=O)(=O)CCN1CCNCC1. The molecule has 2 N–H and O–H groups in total. The van der Waals surface area contributed by atoms with Crippen molar-refractivity contribution in [2.24, 2.45) is 0 Å². The average molecular weight is 292 g/mol. The van der Waals surface area contributed by atoms with E-state index in [0.717, 1.165) is 32.7 Å². The zero-order valence-electron chi connectivity index (χ0n) is 12.4. The number of hydrogen-bond acceptors (Lipinski definition) is 5. The maximum absolute atomic E-state index is 11.9. The van der Waals surface area contributed by atoms with Crippen molar-refractivity contribution in [1.82, 2.24) is 19.8 Å². The molecule has 0 unspecified atom stereocenters. The second kappa shape index (κ2) is 8.16. The molecule has 1 aliphatic rings. The first kappa shape index (κ1) is 16.8. The van der Waals surface area contributed by atoms with E-state index in [-0.39, 0.29) is 5.75 Å². The fraction of sp³-hybridized carbons (Fsp3) is 1.00. The van der Waals surface area contributed by atoms with Crippen LogP contribution in [0.1, 0.15) is 13.8 Å². The van der Waals surface area contributed by atoms with E-state index in [0.29, 0.717) is 19.1 Å². The van der Waals surface area contributed by atoms with Gasteiger partial charge in [0.15, 0.2) is 0 Å². The molecule has 0 bridgehead atoms. The molecule has 0 aliphatic carbocycles. The van der Waals surface area contributed by atoms with E-state index in [1.165, 1.54) is 0 Å². The normalized spacial score (nSPS) is 18.4. The Morgan fingerprint density at radius 3 is 2.53 bits per heavy atom. The maximum Gasteiger partial charge on any atom is 0.212 e. The van der Waals surface area contributed by atoms with E-state index < -0.39 is 10.0 Å². The van der Waals surface area contributed by atoms with Gasteiger partial charge in [-0.15, -0.1) is 0 Å². The summed E-state index contributed by atoms with van der Waals surface area (Å²) in [4.78, 5) is 4.31. The van der Waals surface area contributed by atoms with Gasteiger partial charge in [0.2, 0.25) is 10.0 Å². The first-order chi connectivity index (χ1) is 8.91. The quantitative estimate of drug-likeness (QED) is 0.610. The summed E-state index contributed by atoms with van der Waals surface area (Å²) in [5, 5.41) is 3.26. The number of likely N-dealkylation sites (N-methyl/N-ethyl adjacent to an activating group) is 1. The van der Waals surface area contributed by atoms with E-state index in [9.17, 15) is 8.42 Å². The van der Waals surface area contributed by atoms with Crippen LogP contribution in [0.4, 0.5) is 0 Å². The van der Waals surface area contributed by atoms with Crippen LogP contribution in [0.15, 0.2) is 0 Å². The molecule has 0 aromatic heterocycles. The Hall–Kier alpha value is -0.210. The van der Waals surface area contributed by atoms with Crippen LogP contribution in [0, 0.1) is 0 Å². The molecule has 7 heteroatoms. The molecule has 1 heterocycles. The minimum atomic E-state index is -3.14. The summed E-state index contributed by atoms with van der Waals surface area (Å²) in [6.07, 6.45) is 0. The Balaban J connectivity index is 2.20. The van der Waals surface area contributed by atoms with Crippen molar-refractivity contribution in [2.45, 2.75) is 19.9 Å². The minimum absolute atomic E-state index is 0.193. The first-order valence-electron chi connectivity index (χ1n) is 7.01. The third-order valence-corrected chi connectivity index (χ3v) is 4.92. The summed E-state index contributed by atoms with van der Waals surface area (Å²) in [6, 6.07) is 0.436. The van der Waals surface area contributed by atoms with Gasteiger partial charge >= 0.3 is 0 Å². The Kier molecular flexibility index (Phi) is 7.23. The molecule has 0 saturated carbocycles. The van der Waals surface area contributed by atoms with Gasteiger partial charge in [0.05, 0.1) is 5.75 Å². The highest BCUT2D eigenvalue weighted by atomic mass is 32.2. The smallest absolute Gasteiger partial charge is 0.212 e. The van der Waals surface area contributed by atoms with Gasteiger partial charge in [-0.05, 0) is 20.9 Å². The molecule has 0 radical (unpaired) electrons. The van der Waals surface area contributed by atoms with Gasteiger partial charge in [-0.3, -0.25) is 4.90 Å². The van der Waals surface area contributed by atoms with Crippen molar-refractivity contribution in [2.75, 3.05) is 58.6 Å². The molecule has 0 aromatic carbocycles. The number of piperazine rings is 1. The predicted molar refractivity (Wildman–Crippen MR) is 78.9 cm³/mol. The van der Waals surface area contributed by atoms with Crippen LogP contribution in [0.3, 0.4) is 0 Å². The third-order valence-electron chi connectivity index (χ3n) is 3.55. The average Bonchev–Trinajstić information content (AvgIpc) is 2.37. The lowest BCUT2D eigenvalue weighted by Crippen LogP contribution is -2.46. The lowest BCUT2D eigenvalue weighted by atomic mass is 10.3. The van der Waals surface area contributed by atoms with Crippen molar-refractivity contribution < 1.29 is 8.42 Å². The standard InChI is InChI=1S/C12H28N4O2S/c1-12(2)15(3)7-6-14-19(17,18)11-10-16-8-4-13-5-9-16/h12-14H,4-11H2,1-3H3. The number of nitrogens with zero attached hydrogens (tertiary/aromatic N) is 2. The second-order valence-electron chi connectivity index (χ2n) is 5.38. The van der Waals surface area contributed by atoms with Gasteiger partial charge in [-0.25, -0.2) is 13.1 Å². The van der Waals surface area contributed by atoms with Crippen LogP contribution in [-0.4, -0.2) is 82.9 Å². The fourth-order valence-corrected chi connectivity index (χ4v) is 2.94. The van der Waals surface area contributed by atoms with Crippen molar-refractivity contribution in [3.63, 3.8) is 0 Å². The van der Waals surface area contributed by atoms with Crippen molar-refractivity contribution in [3.05, 3.63) is 0 Å². The Bertz CT molecular complexity index is 340. The van der Waals surface area contributed by atoms with Crippen molar-refractivity contribution in [3.8, 4) is 0 Å². The van der Waals surface area contributed by atoms with Gasteiger partial charge in [0, 0.05) is 51.9 Å². The zero-order valence-corrected chi connectivity index (χ0v) is 13.2. The molecular weight excluding hydrogens is 264 g/mol. The van der Waals surface area contributed by atoms with E-state index >= 15 is 0 Å². The van der Waals surface area contributed by atoms with Crippen molar-refractivity contribution >= 4 is 10.0 Å². The molecule has 0 amide bonds. The molecule has 1 rings (SSSR count). The molecule has 19 heavy (non-hydrogen) atoms. The predicted octanol–water partition coefficient (Wildman–Crippen LogP) is -0.849. The highest BCUT2D eigenvalue weighted by Gasteiger charge is 2.15. The van der Waals surface area contributed by atoms with Crippen LogP contribution in [0.5, 0.6) is 0 Å². The molecule has 6 nitrogen and oxygen atoms in total. The number of hydrogen-bond donors (Lipinski definition) is 2. The summed E-state index contributed by atoms with van der Waals surface area (Å²) >= 11 is 0. The van der Waals surface area contributed by atoms with E-state index in [4.69, 9.17) is 0 Å². The molecule has 0 spiro atoms. The lowest BCUT2D eigenvalue weighted by Gasteiger charge is -2.27. The van der Waals surface area contributed by atoms with Crippen LogP contribution < -0.4 is 10.0 Å². The van der Waals surface area contributed by atoms with Crippen LogP contribution in [0.2, 0.25) is 0 Å². The highest BCUT2D eigenvalue weighted by molar-refractivity contribution is 7.89. The Labute approximate surface area is 117 Å². The van der Waals surface area contributed by atoms with E-state index in [1.54, 1.807) is 0 Å². The van der Waals surface area contributed by atoms with Crippen molar-refractivity contribution in [1.29, 1.82) is 0 Å². The molecule has 0 atom stereocenters. The fourth-order valence-electron chi connectivity index (χ4n) is 1.89. The van der Waals surface area contributed by atoms with Gasteiger partial charge in [-0.1, -0.05) is 0 Å². The molecule has 0 aromatic rings. The van der Waals surface area contributed by atoms with Crippen LogP contribution >= 0.6 is 0 Å². The molecule has 114 valence electrons. The molecular formula is C12H28N4O2S. The summed E-state index contributed by atoms with van der Waals surface area (Å²) in [5.74, 6) is 0.193. The summed E-state index contributed by atoms with van der Waals surface area (Å²) in [6.45, 7) is 9.81. The molecule has 1 saturated heterocycles. The van der Waals surface area contributed by atoms with Gasteiger partial charge in [0.1, 0.15) is 0 Å². The highest BCUT2D eigenvalue weighted by Crippen LogP contribution is 1.95. The van der Waals surface area contributed by atoms with Crippen LogP contribution in [-0.2, 0) is 10.0 Å². The minimum Gasteiger partial charge on any atom is -0.314 e. The summed E-state index contributed by atoms with van der Waals surface area (Å²) in [7, 11) is -1.14. The third kappa shape index (κ3) is 7.22. The zero-order chi connectivity index (χ0) is 14.3. The monoisotopic (exact) mass is 292 g/mol. The molecule has 1 aliphatic heterocycles. The van der Waals surface area contributed by atoms with Crippen LogP contribution in [0.25, 0.3) is 0 Å². The topological polar surface area (TPSA) is 64.7 Å². The van der Waals surface area contributed by atoms with Gasteiger partial charge in [-0.2, -0.15) is 0 Å². The largest absolute Gasteiger partial charge is 0.314 e. The Morgan fingerprint density at radius 1 is 1.32 bits per heavy atom. The maximum atomic E-state index is 11.9. The summed E-state index contributed by atoms with van der Waals surface area (Å²) < 4.78 is 26.4. The first-order valence-corrected chi connectivity index (χ1v) is 8.66. The number of sulfonamides is 1. The van der Waals surface area contributed by atoms with Gasteiger partial charge < -0.3 is 10.2 Å². The van der Waals surface area contributed by atoms with Gasteiger partial charge in [0.25, 0.3) is 0 Å². The lowest BCUT2D eigenvalue weighted by molar-refractivity contribution is 0.253. The number of rotatable bonds is 8. The van der Waals surface area contributed by atoms with E-state index in [2.05, 4.69) is 33.7 Å². The summed E-state index contributed by atoms with van der Waals surface area (Å²) in [5.41, 5.74) is 0. The van der Waals surface area contributed by atoms with E-state index in [1.807, 2.05) is 7.05 Å². The molecule has 1 fully saturated rings. The second-order valence-corrected chi connectivity index (χ2v) is 7.31. The Morgan fingerprint density at radius 2 is 1.95 bits per heavy atom. The number of nitrogens with one attached hydrogen (secondary N) is 2.